The normalized spacial score (nSPS) is 0.600. The van der Waals surface area contributed by atoms with Crippen LogP contribution in [0.25, 0.3) is 0 Å². The first-order valence-electron chi connectivity index (χ1n) is 0.289. The molecule has 0 aliphatic carbocycles. The van der Waals surface area contributed by atoms with Gasteiger partial charge in [0.25, 0.3) is 0 Å². The van der Waals surface area contributed by atoms with Gasteiger partial charge in [-0.25, -0.2) is 0 Å². The van der Waals surface area contributed by atoms with Gasteiger partial charge in [-0.15, -0.1) is 0 Å². The van der Waals surface area contributed by atoms with Gasteiger partial charge in [0.1, 0.15) is 0 Å². The van der Waals surface area contributed by atoms with Gasteiger partial charge in [-0.05, 0) is 0 Å². The van der Waals surface area contributed by atoms with Crippen LogP contribution in [-0.4, -0.2) is 16.2 Å². The first-order valence-corrected chi connectivity index (χ1v) is 0.866. The van der Waals surface area contributed by atoms with Crippen molar-refractivity contribution >= 4 is 16.2 Å². The van der Waals surface area contributed by atoms with Crippen LogP contribution in [0.5, 0.6) is 0 Å². The fraction of sp³-hybridized carbons (Fsp3) is 0. The molecule has 0 aromatic heterocycles. The maximum Gasteiger partial charge on any atom is 0 e. The predicted molar refractivity (Wildman–Crippen MR) is 7.84 cm³/mol. The molecule has 0 saturated carbocycles. The minimum absolute atomic E-state index is 0. The maximum atomic E-state index is 8.28. The minimum atomic E-state index is 0. The Kier molecular flexibility index (Phi) is 111. The van der Waals surface area contributed by atoms with Gasteiger partial charge in [0, 0.05) is 114 Å². The SMILES string of the molecule is [Ce].[Gd].[O]=[AlH].[Y]. The van der Waals surface area contributed by atoms with E-state index in [-0.39, 0.29) is 114 Å². The molecule has 1 nitrogen and oxygen atoms in total. The molecule has 25 valence electrons. The van der Waals surface area contributed by atoms with E-state index in [2.05, 4.69) is 0 Å². The monoisotopic (exact) mass is 431 g/mol. The molecule has 1 radical (unpaired) electrons. The van der Waals surface area contributed by atoms with Gasteiger partial charge in [0.15, 0.2) is 0 Å². The molecule has 0 bridgehead atoms. The van der Waals surface area contributed by atoms with Crippen molar-refractivity contribution in [3.05, 3.63) is 0 Å². The second-order valence-corrected chi connectivity index (χ2v) is 0. The summed E-state index contributed by atoms with van der Waals surface area (Å²) in [5.41, 5.74) is 0. The summed E-state index contributed by atoms with van der Waals surface area (Å²) in [5.74, 6) is 0. The summed E-state index contributed by atoms with van der Waals surface area (Å²) in [7, 11) is 0. The molecule has 0 spiro atoms. The number of hydrogen-bond donors (Lipinski definition) is 0. The number of hydrogen-bond acceptors (Lipinski definition) is 1. The topological polar surface area (TPSA) is 17.1 Å². The fourth-order valence-corrected chi connectivity index (χ4v) is 0. The molecule has 0 aliphatic heterocycles. The molecule has 0 amide bonds. The van der Waals surface area contributed by atoms with E-state index < -0.39 is 0 Å². The van der Waals surface area contributed by atoms with Crippen LogP contribution in [-0.2, 0) is 36.5 Å². The fourth-order valence-electron chi connectivity index (χ4n) is 0. The van der Waals surface area contributed by atoms with Gasteiger partial charge < -0.3 is 0 Å². The van der Waals surface area contributed by atoms with Crippen molar-refractivity contribution in [3.63, 3.8) is 0 Å². The molecule has 5 heavy (non-hydrogen) atoms. The zero-order chi connectivity index (χ0) is 2.00. The van der Waals surface area contributed by atoms with Gasteiger partial charge in [0.2, 0.25) is 0 Å². The van der Waals surface area contributed by atoms with Crippen LogP contribution in [0.1, 0.15) is 0 Å². The molecule has 0 N–H and O–H groups in total. The quantitative estimate of drug-likeness (QED) is 0.462. The zero-order valence-electron chi connectivity index (χ0n) is 2.55. The molecule has 0 saturated heterocycles. The van der Waals surface area contributed by atoms with E-state index in [0.717, 1.165) is 0 Å². The second kappa shape index (κ2) is 24.2. The summed E-state index contributed by atoms with van der Waals surface area (Å²) in [4.78, 5) is 0. The van der Waals surface area contributed by atoms with Crippen molar-refractivity contribution in [3.8, 4) is 0 Å². The molecule has 0 rings (SSSR count). The Morgan fingerprint density at radius 2 is 1.20 bits per heavy atom. The van der Waals surface area contributed by atoms with Gasteiger partial charge >= 0.3 is 20.0 Å². The van der Waals surface area contributed by atoms with Crippen LogP contribution in [0, 0.1) is 81.7 Å². The summed E-state index contributed by atoms with van der Waals surface area (Å²) < 4.78 is 8.28. The Morgan fingerprint density at radius 1 is 1.20 bits per heavy atom. The molecule has 0 aromatic rings. The van der Waals surface area contributed by atoms with E-state index in [4.69, 9.17) is 3.80 Å². The van der Waals surface area contributed by atoms with E-state index in [1.165, 1.54) is 0 Å². The maximum absolute atomic E-state index is 8.28. The van der Waals surface area contributed by atoms with Crippen LogP contribution in [0.4, 0.5) is 0 Å². The van der Waals surface area contributed by atoms with Crippen molar-refractivity contribution in [2.75, 3.05) is 0 Å². The predicted octanol–water partition coefficient (Wildman–Crippen LogP) is -0.770. The van der Waals surface area contributed by atoms with Gasteiger partial charge in [-0.3, -0.25) is 0 Å². The van der Waals surface area contributed by atoms with Gasteiger partial charge in [-0.1, -0.05) is 0 Å². The van der Waals surface area contributed by atoms with Crippen molar-refractivity contribution in [2.45, 2.75) is 0 Å². The van der Waals surface area contributed by atoms with E-state index in [9.17, 15) is 0 Å². The first kappa shape index (κ1) is 22.9. The van der Waals surface area contributed by atoms with Crippen molar-refractivity contribution in [2.24, 2.45) is 0 Å². The van der Waals surface area contributed by atoms with Crippen LogP contribution in [0.2, 0.25) is 0 Å². The molecule has 0 aliphatic rings. The molecular weight excluding hydrogens is 429 g/mol. The summed E-state index contributed by atoms with van der Waals surface area (Å²) in [6.07, 6.45) is 0. The Balaban J connectivity index is -0.00000000167. The Bertz CT molecular complexity index is 11.6. The van der Waals surface area contributed by atoms with Gasteiger partial charge in [0.05, 0.1) is 0 Å². The third-order valence-corrected chi connectivity index (χ3v) is 0. The van der Waals surface area contributed by atoms with E-state index in [0.29, 0.717) is 16.2 Å². The Morgan fingerprint density at radius 3 is 1.20 bits per heavy atom. The Labute approximate surface area is 130 Å². The average Bonchev–Trinajstić information content (AvgIpc) is 1.00. The summed E-state index contributed by atoms with van der Waals surface area (Å²) in [6.45, 7) is 0. The second-order valence-electron chi connectivity index (χ2n) is 0. The largest absolute Gasteiger partial charge is 0 e. The van der Waals surface area contributed by atoms with E-state index in [1.807, 2.05) is 0 Å². The number of rotatable bonds is 0. The van der Waals surface area contributed by atoms with Crippen LogP contribution in [0.15, 0.2) is 0 Å². The van der Waals surface area contributed by atoms with Crippen LogP contribution in [0.3, 0.4) is 0 Å². The standard InChI is InChI=1S/Al.Ce.Gd.O.Y.H. The van der Waals surface area contributed by atoms with Crippen LogP contribution >= 0.6 is 0 Å². The minimum Gasteiger partial charge on any atom is 0 e. The van der Waals surface area contributed by atoms with E-state index >= 15 is 0 Å². The van der Waals surface area contributed by atoms with E-state index in [1.54, 1.807) is 0 Å². The Hall–Kier alpha value is 4.14. The third kappa shape index (κ3) is 17.9. The van der Waals surface area contributed by atoms with Crippen molar-refractivity contribution in [1.29, 1.82) is 0 Å². The summed E-state index contributed by atoms with van der Waals surface area (Å²) in [5, 5.41) is 0. The molecule has 0 aromatic carbocycles. The third-order valence-electron chi connectivity index (χ3n) is 0. The molecule has 0 fully saturated rings. The zero-order valence-corrected chi connectivity index (χ0v) is 12.2. The molecule has 5 heteroatoms. The van der Waals surface area contributed by atoms with Crippen molar-refractivity contribution < 1.29 is 118 Å². The molecule has 0 unspecified atom stereocenters. The summed E-state index contributed by atoms with van der Waals surface area (Å²) in [6, 6.07) is 0. The van der Waals surface area contributed by atoms with Gasteiger partial charge in [-0.2, -0.15) is 0 Å². The smallest absolute Gasteiger partial charge is 0 e. The molecule has 0 heterocycles. The molecule has 0 atom stereocenters. The van der Waals surface area contributed by atoms with Crippen molar-refractivity contribution in [1.82, 2.24) is 0 Å². The van der Waals surface area contributed by atoms with Crippen LogP contribution < -0.4 is 0 Å². The average molecular weight is 430 g/mol. The summed E-state index contributed by atoms with van der Waals surface area (Å²) >= 11 is 0.611. The first-order chi connectivity index (χ1) is 1.00. The molecular formula is HAlCeGdOY.